The first-order valence-corrected chi connectivity index (χ1v) is 10.9. The molecule has 3 aromatic rings. The molecule has 1 aliphatic heterocycles. The van der Waals surface area contributed by atoms with Crippen LogP contribution in [0.25, 0.3) is 10.8 Å². The second-order valence-corrected chi connectivity index (χ2v) is 8.29. The Kier molecular flexibility index (Phi) is 6.65. The summed E-state index contributed by atoms with van der Waals surface area (Å²) in [6, 6.07) is 14.0. The summed E-state index contributed by atoms with van der Waals surface area (Å²) in [6.45, 7) is 2.14. The number of anilines is 3. The first kappa shape index (κ1) is 21.8. The van der Waals surface area contributed by atoms with Crippen molar-refractivity contribution in [3.8, 4) is 0 Å². The molecule has 6 N–H and O–H groups in total. The van der Waals surface area contributed by atoms with Crippen molar-refractivity contribution in [1.29, 1.82) is 0 Å². The summed E-state index contributed by atoms with van der Waals surface area (Å²) in [5.74, 6) is 0.529. The lowest BCUT2D eigenvalue weighted by Crippen LogP contribution is -2.39. The minimum atomic E-state index is -0.947. The van der Waals surface area contributed by atoms with E-state index in [1.165, 1.54) is 16.3 Å². The number of aliphatic carboxylic acids is 1. The van der Waals surface area contributed by atoms with Crippen molar-refractivity contribution >= 4 is 34.6 Å². The minimum absolute atomic E-state index is 0.179. The van der Waals surface area contributed by atoms with E-state index >= 15 is 0 Å². The molecule has 0 radical (unpaired) electrons. The second-order valence-electron chi connectivity index (χ2n) is 8.29. The molecule has 2 aromatic carbocycles. The van der Waals surface area contributed by atoms with Gasteiger partial charge < -0.3 is 26.8 Å². The molecule has 0 saturated carbocycles. The van der Waals surface area contributed by atoms with Gasteiger partial charge in [0.1, 0.15) is 6.04 Å². The summed E-state index contributed by atoms with van der Waals surface area (Å²) in [6.07, 6.45) is 3.01. The van der Waals surface area contributed by atoms with E-state index in [0.29, 0.717) is 24.9 Å². The van der Waals surface area contributed by atoms with E-state index in [4.69, 9.17) is 16.6 Å². The highest BCUT2D eigenvalue weighted by atomic mass is 16.4. The molecule has 1 aliphatic rings. The molecule has 1 saturated heterocycles. The van der Waals surface area contributed by atoms with Gasteiger partial charge in [-0.1, -0.05) is 42.5 Å². The number of nitrogens with one attached hydrogen (secondary N) is 1. The average Bonchev–Trinajstić information content (AvgIpc) is 2.79. The number of carboxylic acids is 1. The Morgan fingerprint density at radius 3 is 2.62 bits per heavy atom. The number of nitrogens with two attached hydrogens (primary N) is 2. The number of benzene rings is 2. The van der Waals surface area contributed by atoms with Gasteiger partial charge in [-0.25, -0.2) is 0 Å². The highest BCUT2D eigenvalue weighted by Crippen LogP contribution is 2.25. The maximum atomic E-state index is 11.0. The van der Waals surface area contributed by atoms with Crippen LogP contribution in [0.1, 0.15) is 24.8 Å². The molecule has 9 heteroatoms. The van der Waals surface area contributed by atoms with Gasteiger partial charge in [-0.2, -0.15) is 15.0 Å². The molecule has 0 aliphatic carbocycles. The number of rotatable bonds is 8. The van der Waals surface area contributed by atoms with Gasteiger partial charge in [0.25, 0.3) is 0 Å². The second kappa shape index (κ2) is 9.78. The van der Waals surface area contributed by atoms with Crippen LogP contribution in [0, 0.1) is 5.92 Å². The molecular formula is C23H29N7O2. The fourth-order valence-corrected chi connectivity index (χ4v) is 4.14. The van der Waals surface area contributed by atoms with Gasteiger partial charge in [0, 0.05) is 19.6 Å². The summed E-state index contributed by atoms with van der Waals surface area (Å²) in [7, 11) is 0. The number of carboxylic acid groups (broad SMARTS) is 1. The third kappa shape index (κ3) is 5.42. The predicted molar refractivity (Wildman–Crippen MR) is 126 cm³/mol. The number of piperidine rings is 1. The molecule has 1 fully saturated rings. The topological polar surface area (TPSA) is 143 Å². The molecule has 32 heavy (non-hydrogen) atoms. The third-order valence-corrected chi connectivity index (χ3v) is 5.95. The fraction of sp³-hybridized carbons (Fsp3) is 0.391. The monoisotopic (exact) mass is 435 g/mol. The summed E-state index contributed by atoms with van der Waals surface area (Å²) in [4.78, 5) is 26.1. The van der Waals surface area contributed by atoms with Gasteiger partial charge in [-0.05, 0) is 47.9 Å². The Hall–Kier alpha value is -3.46. The van der Waals surface area contributed by atoms with Crippen LogP contribution in [-0.2, 0) is 11.2 Å². The van der Waals surface area contributed by atoms with Gasteiger partial charge >= 0.3 is 5.97 Å². The average molecular weight is 436 g/mol. The quantitative estimate of drug-likeness (QED) is 0.419. The largest absolute Gasteiger partial charge is 0.480 e. The maximum absolute atomic E-state index is 11.0. The number of carbonyl (C=O) groups is 1. The van der Waals surface area contributed by atoms with E-state index in [2.05, 4.69) is 55.5 Å². The zero-order chi connectivity index (χ0) is 22.5. The van der Waals surface area contributed by atoms with Crippen molar-refractivity contribution in [2.24, 2.45) is 11.7 Å². The number of fused-ring (bicyclic) bond motifs is 1. The Morgan fingerprint density at radius 1 is 1.12 bits per heavy atom. The van der Waals surface area contributed by atoms with Crippen LogP contribution >= 0.6 is 0 Å². The Labute approximate surface area is 186 Å². The zero-order valence-electron chi connectivity index (χ0n) is 17.9. The first-order chi connectivity index (χ1) is 15.5. The molecule has 2 heterocycles. The SMILES string of the molecule is Nc1nc(NCCc2ccc3ccccc3c2)nc(N2CCC(CC(N)C(=O)O)CC2)n1. The molecular weight excluding hydrogens is 406 g/mol. The van der Waals surface area contributed by atoms with Crippen LogP contribution < -0.4 is 21.7 Å². The lowest BCUT2D eigenvalue weighted by Gasteiger charge is -2.32. The summed E-state index contributed by atoms with van der Waals surface area (Å²) in [5.41, 5.74) is 12.8. The summed E-state index contributed by atoms with van der Waals surface area (Å²) < 4.78 is 0. The molecule has 1 aromatic heterocycles. The Morgan fingerprint density at radius 2 is 1.88 bits per heavy atom. The van der Waals surface area contributed by atoms with Crippen LogP contribution in [0.4, 0.5) is 17.8 Å². The molecule has 9 nitrogen and oxygen atoms in total. The van der Waals surface area contributed by atoms with Crippen LogP contribution in [0.2, 0.25) is 0 Å². The molecule has 0 spiro atoms. The number of aromatic nitrogens is 3. The van der Waals surface area contributed by atoms with Crippen molar-refractivity contribution in [2.75, 3.05) is 35.6 Å². The van der Waals surface area contributed by atoms with Gasteiger partial charge in [-0.3, -0.25) is 4.79 Å². The third-order valence-electron chi connectivity index (χ3n) is 5.95. The molecule has 0 bridgehead atoms. The Balaban J connectivity index is 1.33. The number of hydrogen-bond donors (Lipinski definition) is 4. The van der Waals surface area contributed by atoms with Crippen LogP contribution in [0.15, 0.2) is 42.5 Å². The van der Waals surface area contributed by atoms with Crippen LogP contribution in [0.3, 0.4) is 0 Å². The van der Waals surface area contributed by atoms with Crippen molar-refractivity contribution in [2.45, 2.75) is 31.7 Å². The molecule has 0 amide bonds. The normalized spacial score (nSPS) is 15.6. The van der Waals surface area contributed by atoms with E-state index in [9.17, 15) is 4.79 Å². The highest BCUT2D eigenvalue weighted by Gasteiger charge is 2.25. The van der Waals surface area contributed by atoms with Gasteiger partial charge in [0.05, 0.1) is 0 Å². The minimum Gasteiger partial charge on any atom is -0.480 e. The van der Waals surface area contributed by atoms with Crippen LogP contribution in [0.5, 0.6) is 0 Å². The van der Waals surface area contributed by atoms with Crippen molar-refractivity contribution < 1.29 is 9.90 Å². The standard InChI is InChI=1S/C23H29N7O2/c24-19(20(31)32)14-16-8-11-30(12-9-16)23-28-21(25)27-22(29-23)26-10-7-15-5-6-17-3-1-2-4-18(17)13-15/h1-6,13,16,19H,7-12,14,24H2,(H,31,32)(H3,25,26,27,28,29). The molecule has 4 rings (SSSR count). The molecule has 1 unspecified atom stereocenters. The van der Waals surface area contributed by atoms with E-state index in [1.54, 1.807) is 0 Å². The van der Waals surface area contributed by atoms with Crippen LogP contribution in [-0.4, -0.2) is 51.7 Å². The summed E-state index contributed by atoms with van der Waals surface area (Å²) in [5, 5.41) is 14.7. The smallest absolute Gasteiger partial charge is 0.320 e. The molecule has 168 valence electrons. The highest BCUT2D eigenvalue weighted by molar-refractivity contribution is 5.83. The maximum Gasteiger partial charge on any atom is 0.320 e. The number of hydrogen-bond acceptors (Lipinski definition) is 8. The van der Waals surface area contributed by atoms with Crippen molar-refractivity contribution in [3.63, 3.8) is 0 Å². The fourth-order valence-electron chi connectivity index (χ4n) is 4.14. The van der Waals surface area contributed by atoms with E-state index in [1.807, 2.05) is 12.1 Å². The van der Waals surface area contributed by atoms with Gasteiger partial charge in [0.15, 0.2) is 0 Å². The predicted octanol–water partition coefficient (Wildman–Crippen LogP) is 2.28. The van der Waals surface area contributed by atoms with Gasteiger partial charge in [0.2, 0.25) is 17.8 Å². The first-order valence-electron chi connectivity index (χ1n) is 10.9. The molecule has 1 atom stereocenters. The zero-order valence-corrected chi connectivity index (χ0v) is 17.9. The van der Waals surface area contributed by atoms with Crippen molar-refractivity contribution in [1.82, 2.24) is 15.0 Å². The van der Waals surface area contributed by atoms with E-state index in [0.717, 1.165) is 32.4 Å². The van der Waals surface area contributed by atoms with E-state index < -0.39 is 12.0 Å². The lowest BCUT2D eigenvalue weighted by atomic mass is 9.90. The number of nitrogen functional groups attached to an aromatic ring is 1. The lowest BCUT2D eigenvalue weighted by molar-refractivity contribution is -0.139. The number of nitrogens with zero attached hydrogens (tertiary/aromatic N) is 4. The van der Waals surface area contributed by atoms with Crippen molar-refractivity contribution in [3.05, 3.63) is 48.0 Å². The Bertz CT molecular complexity index is 1080. The summed E-state index contributed by atoms with van der Waals surface area (Å²) >= 11 is 0. The van der Waals surface area contributed by atoms with Gasteiger partial charge in [-0.15, -0.1) is 0 Å². The van der Waals surface area contributed by atoms with E-state index in [-0.39, 0.29) is 11.9 Å².